The van der Waals surface area contributed by atoms with Crippen LogP contribution < -0.4 is 0 Å². The van der Waals surface area contributed by atoms with Crippen molar-refractivity contribution in [3.63, 3.8) is 0 Å². The van der Waals surface area contributed by atoms with Crippen molar-refractivity contribution in [3.05, 3.63) is 27.4 Å². The molecular formula is C6H3IO. The number of hydrogen-bond acceptors (Lipinski definition) is 1. The summed E-state index contributed by atoms with van der Waals surface area (Å²) in [6.45, 7) is 0. The average molecular weight is 218 g/mol. The maximum atomic E-state index is 9.96. The quantitative estimate of drug-likeness (QED) is 0.446. The molecule has 1 nitrogen and oxygen atoms in total. The molecule has 0 amide bonds. The van der Waals surface area contributed by atoms with Crippen molar-refractivity contribution in [3.8, 4) is 0 Å². The number of allylic oxidation sites excluding steroid dienone is 5. The van der Waals surface area contributed by atoms with E-state index in [2.05, 4.69) is 22.6 Å². The molecule has 0 aromatic carbocycles. The lowest BCUT2D eigenvalue weighted by Crippen LogP contribution is -1.69. The fourth-order valence-electron chi connectivity index (χ4n) is 0.481. The maximum absolute atomic E-state index is 9.96. The fourth-order valence-corrected chi connectivity index (χ4v) is 0.978. The molecule has 40 valence electrons. The summed E-state index contributed by atoms with van der Waals surface area (Å²) in [5, 5.41) is 0. The first kappa shape index (κ1) is 5.79. The molecule has 0 unspecified atom stereocenters. The highest BCUT2D eigenvalue weighted by molar-refractivity contribution is 14.1. The number of hydrogen-bond donors (Lipinski definition) is 0. The first-order valence-corrected chi connectivity index (χ1v) is 3.22. The second-order valence-electron chi connectivity index (χ2n) is 1.39. The van der Waals surface area contributed by atoms with Gasteiger partial charge in [0.1, 0.15) is 5.94 Å². The topological polar surface area (TPSA) is 17.1 Å². The minimum absolute atomic E-state index is 0.658. The molecule has 8 heavy (non-hydrogen) atoms. The van der Waals surface area contributed by atoms with Gasteiger partial charge in [-0.15, -0.1) is 0 Å². The van der Waals surface area contributed by atoms with Gasteiger partial charge in [0.2, 0.25) is 0 Å². The van der Waals surface area contributed by atoms with Crippen LogP contribution in [0.15, 0.2) is 27.4 Å². The summed E-state index contributed by atoms with van der Waals surface area (Å²) in [5.41, 5.74) is 0.658. The summed E-state index contributed by atoms with van der Waals surface area (Å²) in [5.74, 6) is 1.82. The van der Waals surface area contributed by atoms with Gasteiger partial charge in [0.25, 0.3) is 0 Å². The van der Waals surface area contributed by atoms with Gasteiger partial charge >= 0.3 is 0 Å². The first-order chi connectivity index (χ1) is 3.84. The Hall–Kier alpha value is -0.340. The van der Waals surface area contributed by atoms with E-state index in [0.29, 0.717) is 5.57 Å². The van der Waals surface area contributed by atoms with E-state index in [-0.39, 0.29) is 0 Å². The van der Waals surface area contributed by atoms with E-state index in [1.165, 1.54) is 0 Å². The average Bonchev–Trinajstić information content (AvgIpc) is 2.14. The monoisotopic (exact) mass is 218 g/mol. The molecule has 0 aromatic rings. The third kappa shape index (κ3) is 0.904. The van der Waals surface area contributed by atoms with Gasteiger partial charge in [0.15, 0.2) is 0 Å². The first-order valence-electron chi connectivity index (χ1n) is 2.14. The van der Waals surface area contributed by atoms with Crippen molar-refractivity contribution >= 4 is 28.5 Å². The molecule has 0 fully saturated rings. The van der Waals surface area contributed by atoms with Crippen LogP contribution in [0.5, 0.6) is 0 Å². The maximum Gasteiger partial charge on any atom is 0.133 e. The van der Waals surface area contributed by atoms with Crippen molar-refractivity contribution in [2.45, 2.75) is 0 Å². The summed E-state index contributed by atoms with van der Waals surface area (Å²) in [7, 11) is 0. The third-order valence-electron chi connectivity index (χ3n) is 0.873. The highest BCUT2D eigenvalue weighted by Crippen LogP contribution is 2.21. The molecular weight excluding hydrogens is 215 g/mol. The van der Waals surface area contributed by atoms with Crippen LogP contribution in [-0.2, 0) is 4.79 Å². The van der Waals surface area contributed by atoms with Gasteiger partial charge < -0.3 is 0 Å². The van der Waals surface area contributed by atoms with E-state index in [9.17, 15) is 4.79 Å². The SMILES string of the molecule is O=C=C1C=CC=C1I. The molecule has 1 aliphatic rings. The van der Waals surface area contributed by atoms with E-state index in [0.717, 1.165) is 3.58 Å². The van der Waals surface area contributed by atoms with E-state index < -0.39 is 0 Å². The lowest BCUT2D eigenvalue weighted by atomic mass is 10.3. The molecule has 0 spiro atoms. The summed E-state index contributed by atoms with van der Waals surface area (Å²) < 4.78 is 0.970. The van der Waals surface area contributed by atoms with Crippen molar-refractivity contribution in [2.24, 2.45) is 0 Å². The zero-order chi connectivity index (χ0) is 5.98. The minimum Gasteiger partial charge on any atom is -0.233 e. The predicted octanol–water partition coefficient (Wildman–Crippen LogP) is 1.63. The van der Waals surface area contributed by atoms with Crippen LogP contribution in [0.25, 0.3) is 0 Å². The van der Waals surface area contributed by atoms with Gasteiger partial charge in [0, 0.05) is 3.58 Å². The fraction of sp³-hybridized carbons (Fsp3) is 0. The molecule has 0 N–H and O–H groups in total. The van der Waals surface area contributed by atoms with E-state index in [4.69, 9.17) is 0 Å². The van der Waals surface area contributed by atoms with Crippen molar-refractivity contribution in [2.75, 3.05) is 0 Å². The van der Waals surface area contributed by atoms with Crippen LogP contribution >= 0.6 is 22.6 Å². The lowest BCUT2D eigenvalue weighted by Gasteiger charge is -1.81. The molecule has 0 radical (unpaired) electrons. The predicted molar refractivity (Wildman–Crippen MR) is 40.4 cm³/mol. The number of rotatable bonds is 0. The minimum atomic E-state index is 0.658. The second-order valence-corrected chi connectivity index (χ2v) is 2.55. The largest absolute Gasteiger partial charge is 0.233 e. The Morgan fingerprint density at radius 3 is 2.62 bits per heavy atom. The Balaban J connectivity index is 3.05. The standard InChI is InChI=1S/C6H3IO/c7-6-3-1-2-5(6)4-8/h1-3H. The van der Waals surface area contributed by atoms with E-state index in [1.54, 1.807) is 6.08 Å². The van der Waals surface area contributed by atoms with Gasteiger partial charge in [-0.1, -0.05) is 6.08 Å². The normalized spacial score (nSPS) is 16.1. The molecule has 0 atom stereocenters. The van der Waals surface area contributed by atoms with Crippen molar-refractivity contribution in [1.29, 1.82) is 0 Å². The van der Waals surface area contributed by atoms with Gasteiger partial charge in [-0.2, -0.15) is 0 Å². The lowest BCUT2D eigenvalue weighted by molar-refractivity contribution is 0.568. The zero-order valence-corrected chi connectivity index (χ0v) is 6.18. The van der Waals surface area contributed by atoms with E-state index in [1.807, 2.05) is 18.1 Å². The highest BCUT2D eigenvalue weighted by Gasteiger charge is 2.00. The molecule has 1 aliphatic carbocycles. The number of halogens is 1. The molecule has 0 saturated carbocycles. The third-order valence-corrected chi connectivity index (χ3v) is 1.81. The summed E-state index contributed by atoms with van der Waals surface area (Å²) in [6, 6.07) is 0. The Kier molecular flexibility index (Phi) is 1.65. The molecule has 1 rings (SSSR count). The molecule has 0 heterocycles. The smallest absolute Gasteiger partial charge is 0.133 e. The Morgan fingerprint density at radius 1 is 1.62 bits per heavy atom. The van der Waals surface area contributed by atoms with E-state index >= 15 is 0 Å². The molecule has 0 aliphatic heterocycles. The summed E-state index contributed by atoms with van der Waals surface area (Å²) >= 11 is 2.09. The van der Waals surface area contributed by atoms with Gasteiger partial charge in [0.05, 0.1) is 5.57 Å². The van der Waals surface area contributed by atoms with Crippen LogP contribution in [0.2, 0.25) is 0 Å². The Labute approximate surface area is 60.9 Å². The van der Waals surface area contributed by atoms with Crippen LogP contribution in [0.4, 0.5) is 0 Å². The summed E-state index contributed by atoms with van der Waals surface area (Å²) in [4.78, 5) is 9.96. The van der Waals surface area contributed by atoms with Crippen molar-refractivity contribution < 1.29 is 4.79 Å². The molecule has 0 aromatic heterocycles. The van der Waals surface area contributed by atoms with Crippen LogP contribution in [0.3, 0.4) is 0 Å². The van der Waals surface area contributed by atoms with Crippen LogP contribution in [0, 0.1) is 0 Å². The van der Waals surface area contributed by atoms with Crippen LogP contribution in [0.1, 0.15) is 0 Å². The molecule has 0 saturated heterocycles. The Morgan fingerprint density at radius 2 is 2.38 bits per heavy atom. The summed E-state index contributed by atoms with van der Waals surface area (Å²) in [6.07, 6.45) is 5.46. The zero-order valence-electron chi connectivity index (χ0n) is 4.02. The van der Waals surface area contributed by atoms with Gasteiger partial charge in [-0.3, -0.25) is 0 Å². The van der Waals surface area contributed by atoms with Crippen LogP contribution in [-0.4, -0.2) is 5.94 Å². The van der Waals surface area contributed by atoms with Gasteiger partial charge in [-0.25, -0.2) is 4.79 Å². The Bertz CT molecular complexity index is 207. The molecule has 2 heteroatoms. The molecule has 0 bridgehead atoms. The van der Waals surface area contributed by atoms with Gasteiger partial charge in [-0.05, 0) is 34.7 Å². The second kappa shape index (κ2) is 2.29. The van der Waals surface area contributed by atoms with Crippen molar-refractivity contribution in [1.82, 2.24) is 0 Å². The highest BCUT2D eigenvalue weighted by atomic mass is 127. The number of carbonyl (C=O) groups excluding carboxylic acids is 1.